The minimum absolute atomic E-state index is 0.0296. The maximum atomic E-state index is 13.4. The van der Waals surface area contributed by atoms with E-state index in [0.29, 0.717) is 12.4 Å². The predicted octanol–water partition coefficient (Wildman–Crippen LogP) is 5.52. The molecule has 8 nitrogen and oxygen atoms in total. The van der Waals surface area contributed by atoms with Crippen LogP contribution < -0.4 is 16.1 Å². The molecule has 1 aromatic heterocycles. The van der Waals surface area contributed by atoms with Gasteiger partial charge in [-0.15, -0.1) is 5.48 Å². The normalized spacial score (nSPS) is 18.0. The minimum atomic E-state index is -0.201. The van der Waals surface area contributed by atoms with Gasteiger partial charge in [-0.2, -0.15) is 0 Å². The first-order chi connectivity index (χ1) is 21.0. The molecule has 2 atom stereocenters. The fourth-order valence-corrected chi connectivity index (χ4v) is 6.75. The summed E-state index contributed by atoms with van der Waals surface area (Å²) in [5, 5.41) is 6.47. The molecule has 3 aliphatic rings. The maximum absolute atomic E-state index is 13.4. The monoisotopic (exact) mass is 575 g/mol. The van der Waals surface area contributed by atoms with Crippen LogP contribution in [0.15, 0.2) is 66.7 Å². The van der Waals surface area contributed by atoms with Crippen molar-refractivity contribution in [2.24, 2.45) is 13.0 Å². The first-order valence-corrected chi connectivity index (χ1v) is 15.3. The Bertz CT molecular complexity index is 1690. The number of anilines is 1. The van der Waals surface area contributed by atoms with Gasteiger partial charge < -0.3 is 20.0 Å². The molecule has 220 valence electrons. The zero-order chi connectivity index (χ0) is 29.5. The van der Waals surface area contributed by atoms with E-state index < -0.39 is 0 Å². The fourth-order valence-electron chi connectivity index (χ4n) is 6.75. The van der Waals surface area contributed by atoms with E-state index in [1.54, 1.807) is 0 Å². The summed E-state index contributed by atoms with van der Waals surface area (Å²) >= 11 is 0. The van der Waals surface area contributed by atoms with E-state index in [1.807, 2.05) is 41.9 Å². The van der Waals surface area contributed by atoms with Crippen LogP contribution in [-0.2, 0) is 36.1 Å². The second kappa shape index (κ2) is 11.4. The summed E-state index contributed by atoms with van der Waals surface area (Å²) in [6.45, 7) is 3.65. The molecule has 0 radical (unpaired) electrons. The average molecular weight is 576 g/mol. The van der Waals surface area contributed by atoms with E-state index in [0.717, 1.165) is 72.4 Å². The third kappa shape index (κ3) is 5.26. The van der Waals surface area contributed by atoms with Gasteiger partial charge in [-0.25, -0.2) is 4.98 Å². The molecule has 4 aromatic rings. The number of aromatic nitrogens is 2. The van der Waals surface area contributed by atoms with E-state index in [4.69, 9.17) is 4.84 Å². The van der Waals surface area contributed by atoms with Crippen LogP contribution >= 0.6 is 0 Å². The molecule has 3 aromatic carbocycles. The Labute approximate surface area is 251 Å². The molecular weight excluding hydrogens is 538 g/mol. The SMILES string of the molecule is Cc1c(NC(=O)c2nc3c(n2C)CCNC3)cccc1-c1cccc2c1CCC2C(NOC(=O)C1CC1)c1ccccc1. The molecule has 43 heavy (non-hydrogen) atoms. The van der Waals surface area contributed by atoms with Crippen LogP contribution in [0.5, 0.6) is 0 Å². The third-order valence-electron chi connectivity index (χ3n) is 9.28. The van der Waals surface area contributed by atoms with Crippen molar-refractivity contribution < 1.29 is 14.4 Å². The molecule has 0 bridgehead atoms. The van der Waals surface area contributed by atoms with E-state index >= 15 is 0 Å². The Balaban J connectivity index is 1.17. The number of carbonyl (C=O) groups excluding carboxylic acids is 2. The van der Waals surface area contributed by atoms with Crippen molar-refractivity contribution in [2.45, 2.75) is 57.5 Å². The number of benzene rings is 3. The summed E-state index contributed by atoms with van der Waals surface area (Å²) in [5.41, 5.74) is 13.0. The summed E-state index contributed by atoms with van der Waals surface area (Å²) < 4.78 is 1.92. The molecule has 0 spiro atoms. The number of hydroxylamine groups is 1. The largest absolute Gasteiger partial charge is 0.370 e. The fraction of sp³-hybridized carbons (Fsp3) is 0.343. The van der Waals surface area contributed by atoms with Gasteiger partial charge in [-0.3, -0.25) is 9.59 Å². The number of nitrogens with one attached hydrogen (secondary N) is 3. The Hall–Kier alpha value is -4.27. The van der Waals surface area contributed by atoms with Crippen molar-refractivity contribution in [3.05, 3.63) is 106 Å². The van der Waals surface area contributed by atoms with Gasteiger partial charge in [0.2, 0.25) is 0 Å². The van der Waals surface area contributed by atoms with Crippen LogP contribution in [0.3, 0.4) is 0 Å². The summed E-state index contributed by atoms with van der Waals surface area (Å²) in [4.78, 5) is 36.1. The van der Waals surface area contributed by atoms with Gasteiger partial charge in [0.1, 0.15) is 0 Å². The van der Waals surface area contributed by atoms with Crippen molar-refractivity contribution in [1.29, 1.82) is 0 Å². The molecule has 3 N–H and O–H groups in total. The zero-order valence-corrected chi connectivity index (χ0v) is 24.7. The van der Waals surface area contributed by atoms with Crippen LogP contribution in [-0.4, -0.2) is 28.0 Å². The first-order valence-electron chi connectivity index (χ1n) is 15.3. The number of nitrogens with zero attached hydrogens (tertiary/aromatic N) is 2. The van der Waals surface area contributed by atoms with Crippen molar-refractivity contribution in [2.75, 3.05) is 11.9 Å². The maximum Gasteiger partial charge on any atom is 0.327 e. The van der Waals surface area contributed by atoms with Gasteiger partial charge in [0.05, 0.1) is 17.7 Å². The predicted molar refractivity (Wildman–Crippen MR) is 165 cm³/mol. The van der Waals surface area contributed by atoms with Gasteiger partial charge in [0, 0.05) is 43.9 Å². The lowest BCUT2D eigenvalue weighted by atomic mass is 9.87. The average Bonchev–Trinajstić information content (AvgIpc) is 3.72. The Morgan fingerprint density at radius 2 is 1.77 bits per heavy atom. The molecule has 2 unspecified atom stereocenters. The quantitative estimate of drug-likeness (QED) is 0.239. The molecule has 1 fully saturated rings. The Morgan fingerprint density at radius 3 is 2.56 bits per heavy atom. The third-order valence-corrected chi connectivity index (χ3v) is 9.28. The number of carbonyl (C=O) groups is 2. The van der Waals surface area contributed by atoms with E-state index in [9.17, 15) is 9.59 Å². The van der Waals surface area contributed by atoms with Gasteiger partial charge in [-0.1, -0.05) is 60.7 Å². The van der Waals surface area contributed by atoms with Crippen LogP contribution in [0, 0.1) is 12.8 Å². The Kier molecular flexibility index (Phi) is 7.33. The number of rotatable bonds is 8. The van der Waals surface area contributed by atoms with Crippen LogP contribution in [0.4, 0.5) is 5.69 Å². The molecule has 1 aliphatic heterocycles. The minimum Gasteiger partial charge on any atom is -0.370 e. The van der Waals surface area contributed by atoms with Crippen molar-refractivity contribution in [1.82, 2.24) is 20.3 Å². The molecule has 1 amide bonds. The molecule has 0 saturated heterocycles. The smallest absolute Gasteiger partial charge is 0.327 e. The highest BCUT2D eigenvalue weighted by Gasteiger charge is 2.36. The summed E-state index contributed by atoms with van der Waals surface area (Å²) in [5.74, 6) is 0.250. The molecule has 7 rings (SSSR count). The van der Waals surface area contributed by atoms with E-state index in [2.05, 4.69) is 64.4 Å². The van der Waals surface area contributed by atoms with Crippen LogP contribution in [0.25, 0.3) is 11.1 Å². The lowest BCUT2D eigenvalue weighted by Crippen LogP contribution is -2.29. The molecule has 2 aliphatic carbocycles. The number of hydrogen-bond donors (Lipinski definition) is 3. The van der Waals surface area contributed by atoms with Gasteiger partial charge in [0.15, 0.2) is 5.82 Å². The van der Waals surface area contributed by atoms with Gasteiger partial charge in [0.25, 0.3) is 5.91 Å². The summed E-state index contributed by atoms with van der Waals surface area (Å²) in [6, 6.07) is 22.7. The second-order valence-electron chi connectivity index (χ2n) is 12.0. The zero-order valence-electron chi connectivity index (χ0n) is 24.7. The highest BCUT2D eigenvalue weighted by Crippen LogP contribution is 2.46. The van der Waals surface area contributed by atoms with Crippen LogP contribution in [0.1, 0.15) is 75.5 Å². The van der Waals surface area contributed by atoms with E-state index in [-0.39, 0.29) is 29.8 Å². The lowest BCUT2D eigenvalue weighted by molar-refractivity contribution is -0.155. The molecule has 8 heteroatoms. The van der Waals surface area contributed by atoms with Crippen molar-refractivity contribution >= 4 is 17.6 Å². The van der Waals surface area contributed by atoms with Gasteiger partial charge in [-0.05, 0) is 72.1 Å². The lowest BCUT2D eigenvalue weighted by Gasteiger charge is -2.26. The number of fused-ring (bicyclic) bond motifs is 2. The van der Waals surface area contributed by atoms with Gasteiger partial charge >= 0.3 is 5.97 Å². The molecule has 2 heterocycles. The Morgan fingerprint density at radius 1 is 0.977 bits per heavy atom. The van der Waals surface area contributed by atoms with Crippen LogP contribution in [0.2, 0.25) is 0 Å². The summed E-state index contributed by atoms with van der Waals surface area (Å²) in [7, 11) is 1.92. The van der Waals surface area contributed by atoms with E-state index in [1.165, 1.54) is 16.7 Å². The second-order valence-corrected chi connectivity index (χ2v) is 12.0. The highest BCUT2D eigenvalue weighted by molar-refractivity contribution is 6.03. The summed E-state index contributed by atoms with van der Waals surface area (Å²) in [6.07, 6.45) is 4.54. The standard InChI is InChI=1S/C35H37N5O3/c1-21-24(10-7-13-29(21)38-34(41)33-37-30-20-36-19-18-31(30)40(33)2)25-11-6-12-26-27(25)16-17-28(26)32(22-8-4-3-5-9-22)39-43-35(42)23-14-15-23/h3-13,23,28,32,36,39H,14-20H2,1-2H3,(H,38,41). The van der Waals surface area contributed by atoms with Crippen molar-refractivity contribution in [3.63, 3.8) is 0 Å². The number of imidazole rings is 1. The van der Waals surface area contributed by atoms with Crippen molar-refractivity contribution in [3.8, 4) is 11.1 Å². The first kappa shape index (κ1) is 27.6. The number of amides is 1. The molecule has 1 saturated carbocycles. The topological polar surface area (TPSA) is 97.3 Å². The highest BCUT2D eigenvalue weighted by atomic mass is 16.7. The molecular formula is C35H37N5O3. The number of hydrogen-bond acceptors (Lipinski definition) is 6.